The molecule has 0 aliphatic carbocycles. The van der Waals surface area contributed by atoms with Crippen LogP contribution in [0.4, 0.5) is 5.82 Å². The summed E-state index contributed by atoms with van der Waals surface area (Å²) < 4.78 is 6.51. The van der Waals surface area contributed by atoms with E-state index in [0.717, 1.165) is 21.7 Å². The average molecular weight is 324 g/mol. The van der Waals surface area contributed by atoms with Crippen LogP contribution >= 0.6 is 15.9 Å². The minimum absolute atomic E-state index is 0.0796. The van der Waals surface area contributed by atoms with E-state index in [-0.39, 0.29) is 5.41 Å². The summed E-state index contributed by atoms with van der Waals surface area (Å²) in [5.74, 6) is 2.91. The minimum Gasteiger partial charge on any atom is -0.458 e. The summed E-state index contributed by atoms with van der Waals surface area (Å²) >= 11 is 3.57. The predicted octanol–water partition coefficient (Wildman–Crippen LogP) is 4.15. The van der Waals surface area contributed by atoms with Crippen LogP contribution in [0.2, 0.25) is 0 Å². The Morgan fingerprint density at radius 2 is 1.89 bits per heavy atom. The maximum Gasteiger partial charge on any atom is 0.197 e. The molecule has 5 heteroatoms. The van der Waals surface area contributed by atoms with Crippen LogP contribution in [-0.4, -0.2) is 17.0 Å². The van der Waals surface area contributed by atoms with Crippen LogP contribution in [0.5, 0.6) is 0 Å². The molecule has 0 aromatic carbocycles. The van der Waals surface area contributed by atoms with Gasteiger partial charge >= 0.3 is 0 Å². The molecule has 0 aliphatic rings. The summed E-state index contributed by atoms with van der Waals surface area (Å²) in [6.07, 6.45) is 0. The van der Waals surface area contributed by atoms with Gasteiger partial charge in [0.2, 0.25) is 0 Å². The molecule has 0 atom stereocenters. The van der Waals surface area contributed by atoms with Gasteiger partial charge in [-0.15, -0.1) is 0 Å². The van der Waals surface area contributed by atoms with E-state index in [0.29, 0.717) is 11.6 Å². The lowest BCUT2D eigenvalue weighted by Gasteiger charge is -2.21. The predicted molar refractivity (Wildman–Crippen MR) is 80.4 cm³/mol. The van der Waals surface area contributed by atoms with E-state index in [1.807, 2.05) is 26.1 Å². The van der Waals surface area contributed by atoms with E-state index >= 15 is 0 Å². The molecule has 0 spiro atoms. The second kappa shape index (κ2) is 4.96. The number of nitrogens with zero attached hydrogens (tertiary/aromatic N) is 2. The van der Waals surface area contributed by atoms with Gasteiger partial charge in [-0.25, -0.2) is 9.97 Å². The molecule has 1 N–H and O–H groups in total. The van der Waals surface area contributed by atoms with E-state index in [2.05, 4.69) is 52.0 Å². The Labute approximate surface area is 121 Å². The lowest BCUT2D eigenvalue weighted by molar-refractivity contribution is 0.537. The summed E-state index contributed by atoms with van der Waals surface area (Å²) in [4.78, 5) is 9.13. The van der Waals surface area contributed by atoms with Gasteiger partial charge in [-0.1, -0.05) is 20.8 Å². The first-order chi connectivity index (χ1) is 8.82. The monoisotopic (exact) mass is 323 g/mol. The highest BCUT2D eigenvalue weighted by atomic mass is 79.9. The number of rotatable bonds is 2. The fourth-order valence-electron chi connectivity index (χ4n) is 1.77. The van der Waals surface area contributed by atoms with Gasteiger partial charge in [-0.3, -0.25) is 0 Å². The molecule has 2 aromatic heterocycles. The Bertz CT molecular complexity index is 599. The van der Waals surface area contributed by atoms with Crippen LogP contribution in [0, 0.1) is 6.92 Å². The quantitative estimate of drug-likeness (QED) is 0.902. The third-order valence-corrected chi connectivity index (χ3v) is 3.51. The van der Waals surface area contributed by atoms with Gasteiger partial charge in [-0.05, 0) is 35.0 Å². The summed E-state index contributed by atoms with van der Waals surface area (Å²) in [6.45, 7) is 8.27. The number of aryl methyl sites for hydroxylation is 1. The van der Waals surface area contributed by atoms with Crippen molar-refractivity contribution < 1.29 is 4.42 Å². The molecule has 2 heterocycles. The third kappa shape index (κ3) is 2.81. The molecule has 0 fully saturated rings. The van der Waals surface area contributed by atoms with Gasteiger partial charge in [0.1, 0.15) is 11.6 Å². The van der Waals surface area contributed by atoms with Gasteiger partial charge in [-0.2, -0.15) is 0 Å². The SMILES string of the molecule is CNc1nc(-c2ccc(C)o2)nc(C(C)(C)C)c1Br. The first kappa shape index (κ1) is 14.1. The van der Waals surface area contributed by atoms with Crippen molar-refractivity contribution in [3.05, 3.63) is 28.1 Å². The fourth-order valence-corrected chi connectivity index (χ4v) is 2.74. The fraction of sp³-hybridized carbons (Fsp3) is 0.429. The lowest BCUT2D eigenvalue weighted by Crippen LogP contribution is -2.17. The molecule has 2 rings (SSSR count). The van der Waals surface area contributed by atoms with E-state index in [1.165, 1.54) is 0 Å². The van der Waals surface area contributed by atoms with Gasteiger partial charge in [0.15, 0.2) is 11.6 Å². The first-order valence-corrected chi connectivity index (χ1v) is 6.95. The first-order valence-electron chi connectivity index (χ1n) is 6.15. The second-order valence-corrected chi connectivity index (χ2v) is 6.26. The zero-order chi connectivity index (χ0) is 14.2. The van der Waals surface area contributed by atoms with Crippen molar-refractivity contribution >= 4 is 21.7 Å². The van der Waals surface area contributed by atoms with Crippen molar-refractivity contribution in [2.75, 3.05) is 12.4 Å². The van der Waals surface area contributed by atoms with Crippen LogP contribution in [0.15, 0.2) is 21.0 Å². The average Bonchev–Trinajstić information content (AvgIpc) is 2.74. The van der Waals surface area contributed by atoms with E-state index in [1.54, 1.807) is 0 Å². The van der Waals surface area contributed by atoms with Gasteiger partial charge in [0, 0.05) is 12.5 Å². The summed E-state index contributed by atoms with van der Waals surface area (Å²) in [5, 5.41) is 3.09. The molecule has 0 bridgehead atoms. The number of nitrogens with one attached hydrogen (secondary N) is 1. The molecule has 19 heavy (non-hydrogen) atoms. The number of hydrogen-bond acceptors (Lipinski definition) is 4. The Kier molecular flexibility index (Phi) is 3.67. The molecular formula is C14H18BrN3O. The van der Waals surface area contributed by atoms with Crippen molar-refractivity contribution in [3.8, 4) is 11.6 Å². The maximum atomic E-state index is 5.61. The maximum absolute atomic E-state index is 5.61. The van der Waals surface area contributed by atoms with Gasteiger partial charge < -0.3 is 9.73 Å². The molecule has 4 nitrogen and oxygen atoms in total. The molecule has 0 amide bonds. The summed E-state index contributed by atoms with van der Waals surface area (Å²) in [5.41, 5.74) is 0.875. The Morgan fingerprint density at radius 3 is 2.37 bits per heavy atom. The van der Waals surface area contributed by atoms with Crippen LogP contribution in [-0.2, 0) is 5.41 Å². The normalized spacial score (nSPS) is 11.7. The molecule has 0 unspecified atom stereocenters. The zero-order valence-electron chi connectivity index (χ0n) is 11.8. The van der Waals surface area contributed by atoms with Crippen molar-refractivity contribution in [2.45, 2.75) is 33.1 Å². The van der Waals surface area contributed by atoms with Crippen molar-refractivity contribution in [1.29, 1.82) is 0 Å². The third-order valence-electron chi connectivity index (χ3n) is 2.76. The van der Waals surface area contributed by atoms with Crippen LogP contribution in [0.3, 0.4) is 0 Å². The highest BCUT2D eigenvalue weighted by molar-refractivity contribution is 9.10. The van der Waals surface area contributed by atoms with E-state index in [9.17, 15) is 0 Å². The number of furan rings is 1. The van der Waals surface area contributed by atoms with Crippen molar-refractivity contribution in [3.63, 3.8) is 0 Å². The molecule has 0 aliphatic heterocycles. The highest BCUT2D eigenvalue weighted by Crippen LogP contribution is 2.34. The minimum atomic E-state index is -0.0796. The molecule has 0 saturated carbocycles. The molecule has 102 valence electrons. The summed E-state index contributed by atoms with van der Waals surface area (Å²) in [7, 11) is 1.84. The molecular weight excluding hydrogens is 306 g/mol. The van der Waals surface area contributed by atoms with Crippen molar-refractivity contribution in [2.24, 2.45) is 0 Å². The number of halogens is 1. The Morgan fingerprint density at radius 1 is 1.21 bits per heavy atom. The van der Waals surface area contributed by atoms with Crippen LogP contribution in [0.1, 0.15) is 32.2 Å². The number of anilines is 1. The smallest absolute Gasteiger partial charge is 0.197 e. The van der Waals surface area contributed by atoms with Crippen molar-refractivity contribution in [1.82, 2.24) is 9.97 Å². The Hall–Kier alpha value is -1.36. The lowest BCUT2D eigenvalue weighted by atomic mass is 9.92. The van der Waals surface area contributed by atoms with Crippen LogP contribution < -0.4 is 5.32 Å². The van der Waals surface area contributed by atoms with Gasteiger partial charge in [0.25, 0.3) is 0 Å². The van der Waals surface area contributed by atoms with E-state index < -0.39 is 0 Å². The molecule has 0 saturated heterocycles. The largest absolute Gasteiger partial charge is 0.458 e. The Balaban J connectivity index is 2.64. The number of aromatic nitrogens is 2. The highest BCUT2D eigenvalue weighted by Gasteiger charge is 2.24. The van der Waals surface area contributed by atoms with E-state index in [4.69, 9.17) is 4.42 Å². The van der Waals surface area contributed by atoms with Gasteiger partial charge in [0.05, 0.1) is 10.2 Å². The molecule has 0 radical (unpaired) electrons. The zero-order valence-corrected chi connectivity index (χ0v) is 13.4. The van der Waals surface area contributed by atoms with Crippen LogP contribution in [0.25, 0.3) is 11.6 Å². The standard InChI is InChI=1S/C14H18BrN3O/c1-8-6-7-9(19-8)12-17-11(14(2,3)4)10(15)13(16-5)18-12/h6-7H,1-5H3,(H,16,17,18). The number of hydrogen-bond donors (Lipinski definition) is 1. The molecule has 2 aromatic rings. The second-order valence-electron chi connectivity index (χ2n) is 5.47. The topological polar surface area (TPSA) is 51.0 Å². The summed E-state index contributed by atoms with van der Waals surface area (Å²) in [6, 6.07) is 3.81.